The second-order valence-corrected chi connectivity index (χ2v) is 7.32. The fourth-order valence-electron chi connectivity index (χ4n) is 4.05. The van der Waals surface area contributed by atoms with Gasteiger partial charge < -0.3 is 10.5 Å². The highest BCUT2D eigenvalue weighted by atomic mass is 16.5. The Morgan fingerprint density at radius 3 is 2.64 bits per heavy atom. The van der Waals surface area contributed by atoms with Gasteiger partial charge in [-0.25, -0.2) is 4.99 Å². The van der Waals surface area contributed by atoms with Crippen LogP contribution in [0.4, 0.5) is 0 Å². The van der Waals surface area contributed by atoms with Crippen molar-refractivity contribution in [1.82, 2.24) is 4.90 Å². The number of carbonyl (C=O) groups excluding carboxylic acids is 1. The Balaban J connectivity index is 1.80. The number of ether oxygens (including phenoxy) is 1. The number of likely N-dealkylation sites (N-methyl/N-ethyl adjacent to an activating group) is 1. The number of aliphatic imine (C=N–C) groups is 1. The molecule has 1 amide bonds. The lowest BCUT2D eigenvalue weighted by Gasteiger charge is -2.31. The molecule has 0 bridgehead atoms. The number of benzene rings is 1. The van der Waals surface area contributed by atoms with E-state index in [-0.39, 0.29) is 12.5 Å². The number of hydrogen-bond acceptors (Lipinski definition) is 4. The molecule has 1 unspecified atom stereocenters. The van der Waals surface area contributed by atoms with Gasteiger partial charge in [0, 0.05) is 7.05 Å². The number of nitrogens with two attached hydrogens (primary N) is 1. The van der Waals surface area contributed by atoms with E-state index in [1.807, 2.05) is 18.2 Å². The monoisotopic (exact) mass is 343 g/mol. The van der Waals surface area contributed by atoms with E-state index in [0.717, 1.165) is 24.2 Å². The molecule has 5 heteroatoms. The molecule has 25 heavy (non-hydrogen) atoms. The second-order valence-electron chi connectivity index (χ2n) is 7.32. The molecular weight excluding hydrogens is 314 g/mol. The second kappa shape index (κ2) is 7.46. The summed E-state index contributed by atoms with van der Waals surface area (Å²) >= 11 is 0. The molecule has 1 aromatic carbocycles. The first kappa shape index (κ1) is 17.8. The minimum atomic E-state index is -0.873. The number of para-hydroxylation sites is 1. The molecule has 136 valence electrons. The van der Waals surface area contributed by atoms with Crippen LogP contribution in [0.2, 0.25) is 0 Å². The summed E-state index contributed by atoms with van der Waals surface area (Å²) in [5.41, 5.74) is 6.25. The van der Waals surface area contributed by atoms with E-state index in [0.29, 0.717) is 11.9 Å². The zero-order valence-electron chi connectivity index (χ0n) is 15.3. The zero-order chi connectivity index (χ0) is 17.9. The predicted molar refractivity (Wildman–Crippen MR) is 99.6 cm³/mol. The number of guanidine groups is 1. The summed E-state index contributed by atoms with van der Waals surface area (Å²) in [6.07, 6.45) is 7.73. The van der Waals surface area contributed by atoms with Crippen LogP contribution in [-0.4, -0.2) is 36.0 Å². The largest absolute Gasteiger partial charge is 0.490 e. The van der Waals surface area contributed by atoms with Crippen molar-refractivity contribution in [3.8, 4) is 5.75 Å². The molecule has 1 atom stereocenters. The van der Waals surface area contributed by atoms with Crippen LogP contribution < -0.4 is 10.5 Å². The van der Waals surface area contributed by atoms with Gasteiger partial charge in [-0.3, -0.25) is 9.69 Å². The van der Waals surface area contributed by atoms with Gasteiger partial charge >= 0.3 is 0 Å². The third kappa shape index (κ3) is 3.65. The number of rotatable bonds is 6. The maximum absolute atomic E-state index is 12.9. The normalized spacial score (nSPS) is 24.5. The van der Waals surface area contributed by atoms with Crippen molar-refractivity contribution in [3.63, 3.8) is 0 Å². The molecule has 2 aliphatic rings. The fourth-order valence-corrected chi connectivity index (χ4v) is 4.05. The Bertz CT molecular complexity index is 652. The van der Waals surface area contributed by atoms with E-state index in [1.54, 1.807) is 7.05 Å². The first-order valence-electron chi connectivity index (χ1n) is 9.40. The number of hydrogen-bond donors (Lipinski definition) is 1. The van der Waals surface area contributed by atoms with Gasteiger partial charge in [0.15, 0.2) is 11.5 Å². The van der Waals surface area contributed by atoms with Crippen LogP contribution in [0.3, 0.4) is 0 Å². The van der Waals surface area contributed by atoms with Crippen molar-refractivity contribution < 1.29 is 9.53 Å². The molecule has 1 aliphatic heterocycles. The van der Waals surface area contributed by atoms with Crippen LogP contribution >= 0.6 is 0 Å². The highest BCUT2D eigenvalue weighted by Gasteiger charge is 2.48. The van der Waals surface area contributed by atoms with Crippen LogP contribution in [0.15, 0.2) is 29.3 Å². The Hall–Kier alpha value is -2.04. The molecule has 0 spiro atoms. The maximum atomic E-state index is 12.9. The smallest absolute Gasteiger partial charge is 0.260 e. The molecule has 0 radical (unpaired) electrons. The van der Waals surface area contributed by atoms with E-state index < -0.39 is 5.54 Å². The number of nitrogens with zero attached hydrogens (tertiary/aromatic N) is 2. The van der Waals surface area contributed by atoms with Crippen molar-refractivity contribution in [1.29, 1.82) is 0 Å². The van der Waals surface area contributed by atoms with Crippen LogP contribution in [-0.2, 0) is 11.2 Å². The topological polar surface area (TPSA) is 67.9 Å². The summed E-state index contributed by atoms with van der Waals surface area (Å²) < 4.78 is 6.11. The van der Waals surface area contributed by atoms with Gasteiger partial charge in [-0.15, -0.1) is 0 Å². The lowest BCUT2D eigenvalue weighted by atomic mass is 9.79. The Morgan fingerprint density at radius 1 is 1.28 bits per heavy atom. The summed E-state index contributed by atoms with van der Waals surface area (Å²) in [7, 11) is 1.70. The molecule has 5 nitrogen and oxygen atoms in total. The van der Waals surface area contributed by atoms with E-state index in [1.165, 1.54) is 37.0 Å². The lowest BCUT2D eigenvalue weighted by Crippen LogP contribution is -2.47. The van der Waals surface area contributed by atoms with E-state index in [9.17, 15) is 4.79 Å². The zero-order valence-corrected chi connectivity index (χ0v) is 15.3. The summed E-state index contributed by atoms with van der Waals surface area (Å²) in [4.78, 5) is 19.0. The van der Waals surface area contributed by atoms with Gasteiger partial charge in [0.05, 0.1) is 0 Å². The Kier molecular flexibility index (Phi) is 5.30. The maximum Gasteiger partial charge on any atom is 0.260 e. The van der Waals surface area contributed by atoms with Gasteiger partial charge in [0.2, 0.25) is 0 Å². The first-order valence-corrected chi connectivity index (χ1v) is 9.40. The van der Waals surface area contributed by atoms with Crippen molar-refractivity contribution >= 4 is 11.9 Å². The van der Waals surface area contributed by atoms with Crippen molar-refractivity contribution in [3.05, 3.63) is 29.8 Å². The summed E-state index contributed by atoms with van der Waals surface area (Å²) in [5, 5.41) is 0. The van der Waals surface area contributed by atoms with Gasteiger partial charge in [-0.2, -0.15) is 0 Å². The van der Waals surface area contributed by atoms with Crippen molar-refractivity contribution in [2.24, 2.45) is 16.6 Å². The van der Waals surface area contributed by atoms with Gasteiger partial charge in [0.1, 0.15) is 12.4 Å². The lowest BCUT2D eigenvalue weighted by molar-refractivity contribution is -0.132. The average Bonchev–Trinajstić information content (AvgIpc) is 2.85. The standard InChI is InChI=1S/C20H29N3O2/c1-3-16-11-7-8-12-17(16)25-14-20(13-15-9-5-4-6-10-15)18(24)23(2)19(21)22-20/h7-8,11-12,15H,3-6,9-10,13-14H2,1-2H3,(H2,21,22). The molecule has 1 saturated carbocycles. The minimum absolute atomic E-state index is 0.0375. The van der Waals surface area contributed by atoms with Crippen molar-refractivity contribution in [2.45, 2.75) is 57.4 Å². The van der Waals surface area contributed by atoms with Crippen LogP contribution in [0, 0.1) is 5.92 Å². The number of aryl methyl sites for hydroxylation is 1. The Labute approximate surface area is 150 Å². The summed E-state index contributed by atoms with van der Waals surface area (Å²) in [5.74, 6) is 1.62. The predicted octanol–water partition coefficient (Wildman–Crippen LogP) is 3.12. The van der Waals surface area contributed by atoms with E-state index >= 15 is 0 Å². The quantitative estimate of drug-likeness (QED) is 0.863. The molecular formula is C20H29N3O2. The minimum Gasteiger partial charge on any atom is -0.490 e. The first-order chi connectivity index (χ1) is 12.1. The van der Waals surface area contributed by atoms with E-state index in [4.69, 9.17) is 10.5 Å². The number of amides is 1. The SMILES string of the molecule is CCc1ccccc1OCC1(CC2CCCCC2)N=C(N)N(C)C1=O. The van der Waals surface area contributed by atoms with Gasteiger partial charge in [0.25, 0.3) is 5.91 Å². The molecule has 3 rings (SSSR count). The van der Waals surface area contributed by atoms with Gasteiger partial charge in [-0.05, 0) is 30.4 Å². The average molecular weight is 343 g/mol. The molecule has 1 fully saturated rings. The Morgan fingerprint density at radius 2 is 2.00 bits per heavy atom. The summed E-state index contributed by atoms with van der Waals surface area (Å²) in [6, 6.07) is 7.99. The third-order valence-electron chi connectivity index (χ3n) is 5.55. The van der Waals surface area contributed by atoms with Crippen molar-refractivity contribution in [2.75, 3.05) is 13.7 Å². The highest BCUT2D eigenvalue weighted by molar-refractivity contribution is 6.06. The fraction of sp³-hybridized carbons (Fsp3) is 0.600. The number of carbonyl (C=O) groups is 1. The molecule has 1 heterocycles. The van der Waals surface area contributed by atoms with Crippen LogP contribution in [0.5, 0.6) is 5.75 Å². The summed E-state index contributed by atoms with van der Waals surface area (Å²) in [6.45, 7) is 2.36. The molecule has 0 saturated heterocycles. The molecule has 1 aliphatic carbocycles. The van der Waals surface area contributed by atoms with Crippen LogP contribution in [0.25, 0.3) is 0 Å². The molecule has 1 aromatic rings. The van der Waals surface area contributed by atoms with Gasteiger partial charge in [-0.1, -0.05) is 57.2 Å². The van der Waals surface area contributed by atoms with E-state index in [2.05, 4.69) is 18.0 Å². The molecule has 2 N–H and O–H groups in total. The molecule has 0 aromatic heterocycles. The van der Waals surface area contributed by atoms with Crippen LogP contribution in [0.1, 0.15) is 51.0 Å². The third-order valence-corrected chi connectivity index (χ3v) is 5.55. The highest BCUT2D eigenvalue weighted by Crippen LogP contribution is 2.36.